The van der Waals surface area contributed by atoms with E-state index in [-0.39, 0.29) is 5.84 Å². The van der Waals surface area contributed by atoms with Crippen molar-refractivity contribution >= 4 is 17.7 Å². The number of nitrogens with zero attached hydrogens (tertiary/aromatic N) is 2. The van der Waals surface area contributed by atoms with Gasteiger partial charge in [0.25, 0.3) is 0 Å². The van der Waals surface area contributed by atoms with Crippen molar-refractivity contribution in [3.05, 3.63) is 11.8 Å². The SMILES string of the molecule is Cn1ncc(C(=N)N)c1NC(=O)OC(C)(C)C. The molecule has 1 heterocycles. The summed E-state index contributed by atoms with van der Waals surface area (Å²) >= 11 is 0. The van der Waals surface area contributed by atoms with Crippen molar-refractivity contribution in [1.29, 1.82) is 5.41 Å². The van der Waals surface area contributed by atoms with Gasteiger partial charge in [-0.25, -0.2) is 4.79 Å². The van der Waals surface area contributed by atoms with Gasteiger partial charge in [0.05, 0.1) is 11.8 Å². The molecule has 7 nitrogen and oxygen atoms in total. The molecule has 0 saturated heterocycles. The average molecular weight is 239 g/mol. The van der Waals surface area contributed by atoms with Crippen molar-refractivity contribution in [2.24, 2.45) is 12.8 Å². The zero-order valence-corrected chi connectivity index (χ0v) is 10.4. The minimum atomic E-state index is -0.608. The Morgan fingerprint density at radius 3 is 2.65 bits per heavy atom. The van der Waals surface area contributed by atoms with E-state index in [2.05, 4.69) is 10.4 Å². The Balaban J connectivity index is 2.85. The Morgan fingerprint density at radius 1 is 1.59 bits per heavy atom. The van der Waals surface area contributed by atoms with Gasteiger partial charge in [0.15, 0.2) is 0 Å². The van der Waals surface area contributed by atoms with Crippen LogP contribution in [-0.2, 0) is 11.8 Å². The van der Waals surface area contributed by atoms with Crippen LogP contribution in [0.15, 0.2) is 6.20 Å². The second kappa shape index (κ2) is 4.44. The fourth-order valence-corrected chi connectivity index (χ4v) is 1.18. The number of carbonyl (C=O) groups excluding carboxylic acids is 1. The zero-order chi connectivity index (χ0) is 13.2. The highest BCUT2D eigenvalue weighted by Crippen LogP contribution is 2.15. The maximum atomic E-state index is 11.6. The summed E-state index contributed by atoms with van der Waals surface area (Å²) in [6.07, 6.45) is 0.804. The predicted octanol–water partition coefficient (Wildman–Crippen LogP) is 1.05. The largest absolute Gasteiger partial charge is 0.444 e. The van der Waals surface area contributed by atoms with Crippen molar-refractivity contribution in [3.63, 3.8) is 0 Å². The molecule has 1 rings (SSSR count). The smallest absolute Gasteiger partial charge is 0.413 e. The number of carbonyl (C=O) groups is 1. The molecule has 17 heavy (non-hydrogen) atoms. The van der Waals surface area contributed by atoms with Crippen LogP contribution in [0.4, 0.5) is 10.6 Å². The van der Waals surface area contributed by atoms with E-state index in [0.717, 1.165) is 0 Å². The molecule has 1 aromatic heterocycles. The van der Waals surface area contributed by atoms with Gasteiger partial charge < -0.3 is 10.5 Å². The molecule has 4 N–H and O–H groups in total. The molecule has 0 saturated carbocycles. The van der Waals surface area contributed by atoms with Crippen molar-refractivity contribution in [1.82, 2.24) is 9.78 Å². The summed E-state index contributed by atoms with van der Waals surface area (Å²) in [7, 11) is 1.64. The molecule has 0 bridgehead atoms. The molecule has 0 fully saturated rings. The highest BCUT2D eigenvalue weighted by Gasteiger charge is 2.19. The molecular weight excluding hydrogens is 222 g/mol. The van der Waals surface area contributed by atoms with Gasteiger partial charge in [0.2, 0.25) is 0 Å². The number of aryl methyl sites for hydroxylation is 1. The molecule has 0 aliphatic rings. The lowest BCUT2D eigenvalue weighted by atomic mass is 10.2. The van der Waals surface area contributed by atoms with Crippen molar-refractivity contribution in [2.45, 2.75) is 26.4 Å². The number of nitrogens with one attached hydrogen (secondary N) is 2. The molecule has 0 unspecified atom stereocenters. The van der Waals surface area contributed by atoms with E-state index >= 15 is 0 Å². The molecule has 0 aliphatic heterocycles. The molecule has 0 spiro atoms. The number of amides is 1. The number of rotatable bonds is 2. The van der Waals surface area contributed by atoms with Crippen LogP contribution in [0.1, 0.15) is 26.3 Å². The predicted molar refractivity (Wildman–Crippen MR) is 64.1 cm³/mol. The molecule has 0 aliphatic carbocycles. The Hall–Kier alpha value is -2.05. The third kappa shape index (κ3) is 3.47. The summed E-state index contributed by atoms with van der Waals surface area (Å²) in [5.41, 5.74) is 5.14. The average Bonchev–Trinajstić information content (AvgIpc) is 2.44. The summed E-state index contributed by atoms with van der Waals surface area (Å²) in [6, 6.07) is 0. The number of hydrogen-bond acceptors (Lipinski definition) is 4. The van der Waals surface area contributed by atoms with Crippen LogP contribution < -0.4 is 11.1 Å². The topological polar surface area (TPSA) is 106 Å². The van der Waals surface area contributed by atoms with Crippen molar-refractivity contribution in [3.8, 4) is 0 Å². The van der Waals surface area contributed by atoms with E-state index in [1.54, 1.807) is 27.8 Å². The summed E-state index contributed by atoms with van der Waals surface area (Å²) < 4.78 is 6.52. The van der Waals surface area contributed by atoms with E-state index in [9.17, 15) is 4.79 Å². The highest BCUT2D eigenvalue weighted by atomic mass is 16.6. The first kappa shape index (κ1) is 13.0. The van der Waals surface area contributed by atoms with E-state index in [1.165, 1.54) is 10.9 Å². The first-order chi connectivity index (χ1) is 7.70. The van der Waals surface area contributed by atoms with Crippen LogP contribution in [-0.4, -0.2) is 27.3 Å². The minimum absolute atomic E-state index is 0.163. The minimum Gasteiger partial charge on any atom is -0.444 e. The third-order valence-corrected chi connectivity index (χ3v) is 1.85. The number of nitrogens with two attached hydrogens (primary N) is 1. The fourth-order valence-electron chi connectivity index (χ4n) is 1.18. The van der Waals surface area contributed by atoms with E-state index < -0.39 is 11.7 Å². The van der Waals surface area contributed by atoms with E-state index in [0.29, 0.717) is 11.4 Å². The fraction of sp³-hybridized carbons (Fsp3) is 0.500. The maximum absolute atomic E-state index is 11.6. The summed E-state index contributed by atoms with van der Waals surface area (Å²) in [5.74, 6) is 0.177. The number of anilines is 1. The van der Waals surface area contributed by atoms with Gasteiger partial charge in [-0.15, -0.1) is 0 Å². The summed E-state index contributed by atoms with van der Waals surface area (Å²) in [4.78, 5) is 11.6. The standard InChI is InChI=1S/C10H17N5O2/c1-10(2,3)17-9(16)14-8-6(7(11)12)5-13-15(8)4/h5H,1-4H3,(H3,11,12)(H,14,16). The number of nitrogen functional groups attached to an aromatic ring is 1. The summed E-state index contributed by atoms with van der Waals surface area (Å²) in [5, 5.41) is 13.8. The van der Waals surface area contributed by atoms with Crippen LogP contribution in [0.25, 0.3) is 0 Å². The lowest BCUT2D eigenvalue weighted by Gasteiger charge is -2.19. The third-order valence-electron chi connectivity index (χ3n) is 1.85. The van der Waals surface area contributed by atoms with Crippen LogP contribution in [0.2, 0.25) is 0 Å². The highest BCUT2D eigenvalue weighted by molar-refractivity contribution is 6.02. The summed E-state index contributed by atoms with van der Waals surface area (Å²) in [6.45, 7) is 5.30. The number of amidine groups is 1. The van der Waals surface area contributed by atoms with Crippen molar-refractivity contribution < 1.29 is 9.53 Å². The van der Waals surface area contributed by atoms with Crippen LogP contribution in [0.5, 0.6) is 0 Å². The van der Waals surface area contributed by atoms with Gasteiger partial charge in [0.1, 0.15) is 17.3 Å². The molecule has 7 heteroatoms. The second-order valence-corrected chi connectivity index (χ2v) is 4.57. The number of ether oxygens (including phenoxy) is 1. The lowest BCUT2D eigenvalue weighted by Crippen LogP contribution is -2.28. The van der Waals surface area contributed by atoms with Gasteiger partial charge in [0, 0.05) is 7.05 Å². The maximum Gasteiger partial charge on any atom is 0.413 e. The number of aromatic nitrogens is 2. The first-order valence-corrected chi connectivity index (χ1v) is 5.07. The van der Waals surface area contributed by atoms with Gasteiger partial charge >= 0.3 is 6.09 Å². The molecule has 0 atom stereocenters. The molecular formula is C10H17N5O2. The Labute approximate surface area is 99.4 Å². The quantitative estimate of drug-likeness (QED) is 0.529. The normalized spacial score (nSPS) is 11.1. The van der Waals surface area contributed by atoms with Crippen LogP contribution in [0.3, 0.4) is 0 Å². The monoisotopic (exact) mass is 239 g/mol. The van der Waals surface area contributed by atoms with Gasteiger partial charge in [-0.05, 0) is 20.8 Å². The van der Waals surface area contributed by atoms with Gasteiger partial charge in [-0.3, -0.25) is 15.4 Å². The van der Waals surface area contributed by atoms with E-state index in [4.69, 9.17) is 15.9 Å². The lowest BCUT2D eigenvalue weighted by molar-refractivity contribution is 0.0634. The van der Waals surface area contributed by atoms with Crippen LogP contribution in [0, 0.1) is 5.41 Å². The second-order valence-electron chi connectivity index (χ2n) is 4.57. The Morgan fingerprint density at radius 2 is 2.18 bits per heavy atom. The van der Waals surface area contributed by atoms with E-state index in [1.807, 2.05) is 0 Å². The van der Waals surface area contributed by atoms with Crippen molar-refractivity contribution in [2.75, 3.05) is 5.32 Å². The van der Waals surface area contributed by atoms with Gasteiger partial charge in [-0.2, -0.15) is 5.10 Å². The zero-order valence-electron chi connectivity index (χ0n) is 10.4. The number of hydrogen-bond donors (Lipinski definition) is 3. The molecule has 0 aromatic carbocycles. The molecule has 1 amide bonds. The van der Waals surface area contributed by atoms with Gasteiger partial charge in [-0.1, -0.05) is 0 Å². The molecule has 94 valence electrons. The Bertz CT molecular complexity index is 444. The van der Waals surface area contributed by atoms with Crippen LogP contribution >= 0.6 is 0 Å². The molecule has 1 aromatic rings. The Kier molecular flexibility index (Phi) is 3.40. The molecule has 0 radical (unpaired) electrons. The first-order valence-electron chi connectivity index (χ1n) is 5.07.